The molecule has 1 aromatic rings. The van der Waals surface area contributed by atoms with E-state index in [9.17, 15) is 9.59 Å². The van der Waals surface area contributed by atoms with Gasteiger partial charge in [-0.25, -0.2) is 15.2 Å². The number of aromatic nitrogens is 1. The fourth-order valence-corrected chi connectivity index (χ4v) is 2.19. The van der Waals surface area contributed by atoms with Gasteiger partial charge in [-0.05, 0) is 33.6 Å². The molecule has 0 saturated carbocycles. The Labute approximate surface area is 122 Å². The smallest absolute Gasteiger partial charge is 0.426 e. The van der Waals surface area contributed by atoms with Crippen LogP contribution in [0.2, 0.25) is 0 Å². The number of ether oxygens (including phenoxy) is 1. The van der Waals surface area contributed by atoms with Crippen molar-refractivity contribution in [2.24, 2.45) is 0 Å². The normalized spacial score (nSPS) is 11.0. The number of hydrogen-bond acceptors (Lipinski definition) is 5. The Morgan fingerprint density at radius 1 is 1.35 bits per heavy atom. The van der Waals surface area contributed by atoms with Gasteiger partial charge < -0.3 is 4.74 Å². The summed E-state index contributed by atoms with van der Waals surface area (Å²) in [6.07, 6.45) is 4.08. The molecule has 0 saturated heterocycles. The third kappa shape index (κ3) is 6.01. The van der Waals surface area contributed by atoms with Crippen LogP contribution in [-0.2, 0) is 11.2 Å². The first-order valence-electron chi connectivity index (χ1n) is 6.56. The lowest BCUT2D eigenvalue weighted by atomic mass is 10.2. The highest BCUT2D eigenvalue weighted by molar-refractivity contribution is 7.13. The highest BCUT2D eigenvalue weighted by atomic mass is 32.1. The van der Waals surface area contributed by atoms with Crippen LogP contribution in [0.25, 0.3) is 0 Å². The summed E-state index contributed by atoms with van der Waals surface area (Å²) >= 11 is 1.33. The van der Waals surface area contributed by atoms with Crippen LogP contribution < -0.4 is 10.9 Å². The van der Waals surface area contributed by atoms with Gasteiger partial charge in [0.25, 0.3) is 5.91 Å². The summed E-state index contributed by atoms with van der Waals surface area (Å²) in [6.45, 7) is 7.35. The Morgan fingerprint density at radius 3 is 2.65 bits per heavy atom. The molecule has 0 spiro atoms. The first-order valence-corrected chi connectivity index (χ1v) is 7.37. The number of aryl methyl sites for hydroxylation is 1. The number of rotatable bonds is 4. The molecule has 0 aliphatic carbocycles. The van der Waals surface area contributed by atoms with Gasteiger partial charge in [-0.15, -0.1) is 11.3 Å². The van der Waals surface area contributed by atoms with Crippen LogP contribution in [0.4, 0.5) is 4.79 Å². The van der Waals surface area contributed by atoms with Gasteiger partial charge in [0.05, 0.1) is 0 Å². The molecule has 0 bridgehead atoms. The zero-order chi connectivity index (χ0) is 15.2. The Kier molecular flexibility index (Phi) is 5.94. The summed E-state index contributed by atoms with van der Waals surface area (Å²) in [5.74, 6) is -0.441. The van der Waals surface area contributed by atoms with Crippen molar-refractivity contribution in [3.63, 3.8) is 0 Å². The molecule has 2 N–H and O–H groups in total. The molecule has 0 radical (unpaired) electrons. The van der Waals surface area contributed by atoms with Crippen molar-refractivity contribution in [3.05, 3.63) is 16.1 Å². The fraction of sp³-hybridized carbons (Fsp3) is 0.615. The summed E-state index contributed by atoms with van der Waals surface area (Å²) < 4.78 is 5.00. The van der Waals surface area contributed by atoms with Crippen LogP contribution in [0, 0.1) is 0 Å². The van der Waals surface area contributed by atoms with E-state index in [1.165, 1.54) is 11.3 Å². The molecule has 20 heavy (non-hydrogen) atoms. The van der Waals surface area contributed by atoms with Gasteiger partial charge in [0.1, 0.15) is 5.60 Å². The monoisotopic (exact) mass is 299 g/mol. The first-order chi connectivity index (χ1) is 9.31. The van der Waals surface area contributed by atoms with Gasteiger partial charge in [-0.1, -0.05) is 13.3 Å². The van der Waals surface area contributed by atoms with E-state index in [0.717, 1.165) is 24.1 Å². The van der Waals surface area contributed by atoms with Crippen LogP contribution in [0.5, 0.6) is 0 Å². The number of nitrogens with zero attached hydrogens (tertiary/aromatic N) is 1. The molecule has 0 aliphatic rings. The highest BCUT2D eigenvalue weighted by Crippen LogP contribution is 2.15. The number of hydrogen-bond donors (Lipinski definition) is 2. The third-order valence-electron chi connectivity index (χ3n) is 2.20. The quantitative estimate of drug-likeness (QED) is 0.838. The highest BCUT2D eigenvalue weighted by Gasteiger charge is 2.17. The maximum absolute atomic E-state index is 11.8. The van der Waals surface area contributed by atoms with E-state index in [1.54, 1.807) is 27.0 Å². The van der Waals surface area contributed by atoms with Crippen molar-refractivity contribution in [3.8, 4) is 0 Å². The molecule has 0 aromatic carbocycles. The number of carbonyl (C=O) groups excluding carboxylic acids is 2. The molecule has 6 nitrogen and oxygen atoms in total. The summed E-state index contributed by atoms with van der Waals surface area (Å²) in [4.78, 5) is 28.2. The van der Waals surface area contributed by atoms with Crippen molar-refractivity contribution < 1.29 is 14.3 Å². The fourth-order valence-electron chi connectivity index (χ4n) is 1.34. The maximum atomic E-state index is 11.8. The molecular formula is C13H21N3O3S. The minimum Gasteiger partial charge on any atom is -0.443 e. The Balaban J connectivity index is 2.43. The van der Waals surface area contributed by atoms with Gasteiger partial charge >= 0.3 is 6.09 Å². The molecule has 0 fully saturated rings. The number of carbonyl (C=O) groups is 2. The lowest BCUT2D eigenvalue weighted by molar-refractivity contribution is 0.0483. The zero-order valence-electron chi connectivity index (χ0n) is 12.3. The SMILES string of the molecule is CCCCc1cnc(C(=O)NNC(=O)OC(C)(C)C)s1. The molecule has 7 heteroatoms. The van der Waals surface area contributed by atoms with Crippen LogP contribution in [0.15, 0.2) is 6.20 Å². The van der Waals surface area contributed by atoms with Crippen LogP contribution in [0.3, 0.4) is 0 Å². The number of amides is 2. The minimum atomic E-state index is -0.700. The number of nitrogens with one attached hydrogen (secondary N) is 2. The topological polar surface area (TPSA) is 80.3 Å². The Morgan fingerprint density at radius 2 is 2.05 bits per heavy atom. The number of thiazole rings is 1. The third-order valence-corrected chi connectivity index (χ3v) is 3.26. The Hall–Kier alpha value is -1.63. The lowest BCUT2D eigenvalue weighted by Crippen LogP contribution is -2.44. The average Bonchev–Trinajstić information content (AvgIpc) is 2.80. The summed E-state index contributed by atoms with van der Waals surface area (Å²) in [5, 5.41) is 0.326. The van der Waals surface area contributed by atoms with Gasteiger partial charge in [0, 0.05) is 11.1 Å². The van der Waals surface area contributed by atoms with Gasteiger partial charge in [0.2, 0.25) is 0 Å². The van der Waals surface area contributed by atoms with E-state index in [-0.39, 0.29) is 0 Å². The lowest BCUT2D eigenvalue weighted by Gasteiger charge is -2.19. The van der Waals surface area contributed by atoms with Gasteiger partial charge in [-0.2, -0.15) is 0 Å². The second kappa shape index (κ2) is 7.23. The maximum Gasteiger partial charge on any atom is 0.426 e. The van der Waals surface area contributed by atoms with E-state index in [1.807, 2.05) is 0 Å². The molecule has 1 aromatic heterocycles. The molecule has 2 amide bonds. The van der Waals surface area contributed by atoms with E-state index >= 15 is 0 Å². The van der Waals surface area contributed by atoms with Crippen molar-refractivity contribution in [1.82, 2.24) is 15.8 Å². The van der Waals surface area contributed by atoms with Crippen LogP contribution in [-0.4, -0.2) is 22.6 Å². The average molecular weight is 299 g/mol. The van der Waals surface area contributed by atoms with Crippen LogP contribution in [0.1, 0.15) is 55.2 Å². The summed E-state index contributed by atoms with van der Waals surface area (Å²) in [6, 6.07) is 0. The number of hydrazine groups is 1. The second-order valence-electron chi connectivity index (χ2n) is 5.32. The molecule has 0 aliphatic heterocycles. The van der Waals surface area contributed by atoms with Crippen molar-refractivity contribution in [1.29, 1.82) is 0 Å². The van der Waals surface area contributed by atoms with Gasteiger partial charge in [0.15, 0.2) is 5.01 Å². The predicted molar refractivity (Wildman–Crippen MR) is 77.6 cm³/mol. The Bertz CT molecular complexity index is 466. The molecule has 0 atom stereocenters. The van der Waals surface area contributed by atoms with Crippen molar-refractivity contribution >= 4 is 23.3 Å². The molecular weight excluding hydrogens is 278 g/mol. The second-order valence-corrected chi connectivity index (χ2v) is 6.43. The molecule has 1 rings (SSSR count). The van der Waals surface area contributed by atoms with Crippen molar-refractivity contribution in [2.45, 2.75) is 52.6 Å². The summed E-state index contributed by atoms with van der Waals surface area (Å²) in [5.41, 5.74) is 3.86. The first kappa shape index (κ1) is 16.4. The predicted octanol–water partition coefficient (Wildman–Crippen LogP) is 2.66. The van der Waals surface area contributed by atoms with E-state index in [2.05, 4.69) is 22.8 Å². The molecule has 112 valence electrons. The molecule has 0 unspecified atom stereocenters. The molecule has 1 heterocycles. The summed E-state index contributed by atoms with van der Waals surface area (Å²) in [7, 11) is 0. The van der Waals surface area contributed by atoms with E-state index in [4.69, 9.17) is 4.74 Å². The zero-order valence-corrected chi connectivity index (χ0v) is 13.1. The standard InChI is InChI=1S/C13H21N3O3S/c1-5-6-7-9-8-14-11(20-9)10(17)15-16-12(18)19-13(2,3)4/h8H,5-7H2,1-4H3,(H,15,17)(H,16,18). The largest absolute Gasteiger partial charge is 0.443 e. The van der Waals surface area contributed by atoms with E-state index < -0.39 is 17.6 Å². The van der Waals surface area contributed by atoms with Gasteiger partial charge in [-0.3, -0.25) is 10.2 Å². The number of unbranched alkanes of at least 4 members (excludes halogenated alkanes) is 1. The van der Waals surface area contributed by atoms with Crippen LogP contribution >= 0.6 is 11.3 Å². The minimum absolute atomic E-state index is 0.326. The van der Waals surface area contributed by atoms with Crippen molar-refractivity contribution in [2.75, 3.05) is 0 Å². The van der Waals surface area contributed by atoms with E-state index in [0.29, 0.717) is 5.01 Å².